The lowest BCUT2D eigenvalue weighted by Crippen LogP contribution is -2.01. The molecule has 0 heterocycles. The number of ketones is 1. The van der Waals surface area contributed by atoms with Crippen LogP contribution in [0.3, 0.4) is 0 Å². The molecule has 0 aliphatic rings. The van der Waals surface area contributed by atoms with Gasteiger partial charge in [0.1, 0.15) is 0 Å². The lowest BCUT2D eigenvalue weighted by molar-refractivity contribution is 0.105. The first-order valence-corrected chi connectivity index (χ1v) is 3.52. The second kappa shape index (κ2) is 3.10. The molecule has 0 radical (unpaired) electrons. The van der Waals surface area contributed by atoms with Gasteiger partial charge in [0, 0.05) is 5.69 Å². The van der Waals surface area contributed by atoms with Crippen LogP contribution in [0.2, 0.25) is 0 Å². The first kappa shape index (κ1) is 8.35. The fourth-order valence-corrected chi connectivity index (χ4v) is 0.945. The second-order valence-corrected chi connectivity index (χ2v) is 2.56. The summed E-state index contributed by atoms with van der Waals surface area (Å²) in [6.07, 6.45) is 4.97. The third-order valence-corrected chi connectivity index (χ3v) is 1.58. The quantitative estimate of drug-likeness (QED) is 0.291. The van der Waals surface area contributed by atoms with Crippen molar-refractivity contribution in [2.75, 3.05) is 5.73 Å². The van der Waals surface area contributed by atoms with E-state index in [9.17, 15) is 4.79 Å². The highest BCUT2D eigenvalue weighted by atomic mass is 16.1. The SMILES string of the molecule is C#CC(=O)c1cc(C)ccc1N. The monoisotopic (exact) mass is 159 g/mol. The molecule has 0 aromatic heterocycles. The Morgan fingerprint density at radius 2 is 2.25 bits per heavy atom. The molecule has 1 aromatic rings. The summed E-state index contributed by atoms with van der Waals surface area (Å²) in [5.74, 6) is 1.67. The van der Waals surface area contributed by atoms with E-state index in [-0.39, 0.29) is 5.78 Å². The zero-order valence-electron chi connectivity index (χ0n) is 6.79. The Kier molecular flexibility index (Phi) is 2.16. The summed E-state index contributed by atoms with van der Waals surface area (Å²) in [4.78, 5) is 11.1. The Labute approximate surface area is 71.4 Å². The third-order valence-electron chi connectivity index (χ3n) is 1.58. The van der Waals surface area contributed by atoms with Gasteiger partial charge in [0.15, 0.2) is 0 Å². The molecule has 12 heavy (non-hydrogen) atoms. The van der Waals surface area contributed by atoms with E-state index in [0.717, 1.165) is 5.56 Å². The Balaban J connectivity index is 3.25. The molecule has 0 saturated heterocycles. The molecule has 1 rings (SSSR count). The van der Waals surface area contributed by atoms with E-state index in [1.54, 1.807) is 12.1 Å². The van der Waals surface area contributed by atoms with Crippen molar-refractivity contribution in [2.24, 2.45) is 0 Å². The lowest BCUT2D eigenvalue weighted by Gasteiger charge is -2.00. The van der Waals surface area contributed by atoms with Crippen molar-refractivity contribution in [1.82, 2.24) is 0 Å². The van der Waals surface area contributed by atoms with Crippen LogP contribution in [0.15, 0.2) is 18.2 Å². The number of benzene rings is 1. The maximum atomic E-state index is 11.1. The summed E-state index contributed by atoms with van der Waals surface area (Å²) in [5.41, 5.74) is 7.37. The maximum Gasteiger partial charge on any atom is 0.237 e. The van der Waals surface area contributed by atoms with Gasteiger partial charge in [-0.3, -0.25) is 4.79 Å². The summed E-state index contributed by atoms with van der Waals surface area (Å²) in [7, 11) is 0. The van der Waals surface area contributed by atoms with Crippen LogP contribution in [-0.4, -0.2) is 5.78 Å². The highest BCUT2D eigenvalue weighted by molar-refractivity contribution is 6.11. The number of hydrogen-bond acceptors (Lipinski definition) is 2. The van der Waals surface area contributed by atoms with Crippen LogP contribution >= 0.6 is 0 Å². The number of carbonyl (C=O) groups is 1. The highest BCUT2D eigenvalue weighted by Gasteiger charge is 2.05. The average molecular weight is 159 g/mol. The Morgan fingerprint density at radius 1 is 1.58 bits per heavy atom. The largest absolute Gasteiger partial charge is 0.398 e. The molecule has 1 aromatic carbocycles. The fraction of sp³-hybridized carbons (Fsp3) is 0.100. The third kappa shape index (κ3) is 1.46. The number of aryl methyl sites for hydroxylation is 1. The maximum absolute atomic E-state index is 11.1. The van der Waals surface area contributed by atoms with Crippen LogP contribution in [0.25, 0.3) is 0 Å². The molecule has 0 fully saturated rings. The number of nitrogen functional groups attached to an aromatic ring is 1. The van der Waals surface area contributed by atoms with E-state index >= 15 is 0 Å². The van der Waals surface area contributed by atoms with Crippen LogP contribution in [-0.2, 0) is 0 Å². The van der Waals surface area contributed by atoms with Gasteiger partial charge in [-0.2, -0.15) is 0 Å². The molecular weight excluding hydrogens is 150 g/mol. The van der Waals surface area contributed by atoms with E-state index in [1.165, 1.54) is 0 Å². The van der Waals surface area contributed by atoms with Crippen molar-refractivity contribution in [3.8, 4) is 12.3 Å². The minimum atomic E-state index is -0.365. The molecule has 60 valence electrons. The standard InChI is InChI=1S/C10H9NO/c1-3-10(12)8-6-7(2)4-5-9(8)11/h1,4-6H,11H2,2H3. The van der Waals surface area contributed by atoms with Gasteiger partial charge < -0.3 is 5.73 Å². The molecule has 0 aliphatic carbocycles. The highest BCUT2D eigenvalue weighted by Crippen LogP contribution is 2.13. The summed E-state index contributed by atoms with van der Waals surface area (Å²) in [5, 5.41) is 0. The molecular formula is C10H9NO. The second-order valence-electron chi connectivity index (χ2n) is 2.56. The number of terminal acetylenes is 1. The van der Waals surface area contributed by atoms with Crippen LogP contribution in [0, 0.1) is 19.3 Å². The molecule has 0 amide bonds. The van der Waals surface area contributed by atoms with Gasteiger partial charge in [0.05, 0.1) is 5.56 Å². The molecule has 0 saturated carbocycles. The lowest BCUT2D eigenvalue weighted by atomic mass is 10.1. The topological polar surface area (TPSA) is 43.1 Å². The van der Waals surface area contributed by atoms with Crippen molar-refractivity contribution in [1.29, 1.82) is 0 Å². The van der Waals surface area contributed by atoms with Crippen molar-refractivity contribution in [3.63, 3.8) is 0 Å². The Hall–Kier alpha value is -1.75. The van der Waals surface area contributed by atoms with Crippen LogP contribution in [0.1, 0.15) is 15.9 Å². The molecule has 0 unspecified atom stereocenters. The summed E-state index contributed by atoms with van der Waals surface area (Å²) in [6, 6.07) is 5.21. The normalized spacial score (nSPS) is 9.00. The first-order chi connectivity index (χ1) is 5.65. The van der Waals surface area contributed by atoms with Gasteiger partial charge in [-0.25, -0.2) is 0 Å². The van der Waals surface area contributed by atoms with Crippen molar-refractivity contribution in [3.05, 3.63) is 29.3 Å². The van der Waals surface area contributed by atoms with Crippen LogP contribution in [0.4, 0.5) is 5.69 Å². The zero-order chi connectivity index (χ0) is 9.14. The van der Waals surface area contributed by atoms with Gasteiger partial charge in [-0.1, -0.05) is 11.6 Å². The van der Waals surface area contributed by atoms with Gasteiger partial charge in [-0.15, -0.1) is 6.42 Å². The molecule has 0 bridgehead atoms. The van der Waals surface area contributed by atoms with Gasteiger partial charge in [-0.05, 0) is 25.0 Å². The predicted molar refractivity (Wildman–Crippen MR) is 48.8 cm³/mol. The van der Waals surface area contributed by atoms with E-state index in [1.807, 2.05) is 18.9 Å². The molecule has 2 heteroatoms. The summed E-state index contributed by atoms with van der Waals surface area (Å²) in [6.45, 7) is 1.88. The van der Waals surface area contributed by atoms with Crippen LogP contribution < -0.4 is 5.73 Å². The van der Waals surface area contributed by atoms with Crippen molar-refractivity contribution < 1.29 is 4.79 Å². The first-order valence-electron chi connectivity index (χ1n) is 3.52. The minimum Gasteiger partial charge on any atom is -0.398 e. The number of rotatable bonds is 1. The van der Waals surface area contributed by atoms with E-state index < -0.39 is 0 Å². The zero-order valence-corrected chi connectivity index (χ0v) is 6.79. The Morgan fingerprint density at radius 3 is 2.83 bits per heavy atom. The van der Waals surface area contributed by atoms with Crippen LogP contribution in [0.5, 0.6) is 0 Å². The average Bonchev–Trinajstić information content (AvgIpc) is 2.08. The number of hydrogen-bond donors (Lipinski definition) is 1. The smallest absolute Gasteiger partial charge is 0.237 e. The number of Topliss-reactive ketones (excluding diaryl/α,β-unsaturated/α-hetero) is 1. The molecule has 2 N–H and O–H groups in total. The predicted octanol–water partition coefficient (Wildman–Crippen LogP) is 1.39. The number of anilines is 1. The van der Waals surface area contributed by atoms with Crippen molar-refractivity contribution in [2.45, 2.75) is 6.92 Å². The van der Waals surface area contributed by atoms with E-state index in [4.69, 9.17) is 12.2 Å². The van der Waals surface area contributed by atoms with Crippen molar-refractivity contribution >= 4 is 11.5 Å². The fourth-order valence-electron chi connectivity index (χ4n) is 0.945. The van der Waals surface area contributed by atoms with Gasteiger partial charge >= 0.3 is 0 Å². The summed E-state index contributed by atoms with van der Waals surface area (Å²) < 4.78 is 0. The van der Waals surface area contributed by atoms with E-state index in [0.29, 0.717) is 11.3 Å². The molecule has 0 spiro atoms. The number of nitrogens with two attached hydrogens (primary N) is 1. The van der Waals surface area contributed by atoms with Gasteiger partial charge in [0.25, 0.3) is 0 Å². The van der Waals surface area contributed by atoms with E-state index in [2.05, 4.69) is 0 Å². The molecule has 2 nitrogen and oxygen atoms in total. The van der Waals surface area contributed by atoms with Gasteiger partial charge in [0.2, 0.25) is 5.78 Å². The minimum absolute atomic E-state index is 0.365. The summed E-state index contributed by atoms with van der Waals surface area (Å²) >= 11 is 0. The Bertz CT molecular complexity index is 361. The molecule has 0 atom stereocenters. The molecule has 0 aliphatic heterocycles. The number of carbonyl (C=O) groups excluding carboxylic acids is 1.